The number of nitrogens with one attached hydrogen (secondary N) is 1. The molecule has 0 spiro atoms. The molecule has 0 aliphatic rings. The van der Waals surface area contributed by atoms with Crippen LogP contribution in [0.25, 0.3) is 0 Å². The molecule has 1 rings (SSSR count). The van der Waals surface area contributed by atoms with Gasteiger partial charge in [0.15, 0.2) is 0 Å². The topological polar surface area (TPSA) is 55.1 Å². The molecular weight excluding hydrogens is 280 g/mol. The fraction of sp³-hybridized carbons (Fsp3) is 0.462. The fourth-order valence-corrected chi connectivity index (χ4v) is 1.78. The van der Waals surface area contributed by atoms with Crippen molar-refractivity contribution in [1.82, 2.24) is 5.32 Å². The molecule has 0 bridgehead atoms. The quantitative estimate of drug-likeness (QED) is 0.897. The van der Waals surface area contributed by atoms with Crippen LogP contribution in [0, 0.1) is 12.8 Å². The lowest BCUT2D eigenvalue weighted by Gasteiger charge is -2.16. The third kappa shape index (κ3) is 4.13. The zero-order chi connectivity index (χ0) is 13.0. The average molecular weight is 299 g/mol. The van der Waals surface area contributed by atoms with Crippen molar-refractivity contribution >= 4 is 21.8 Å². The van der Waals surface area contributed by atoms with E-state index in [0.717, 1.165) is 10.0 Å². The lowest BCUT2D eigenvalue weighted by atomic mass is 10.1. The van der Waals surface area contributed by atoms with Crippen LogP contribution in [-0.2, 0) is 0 Å². The average Bonchev–Trinajstić information content (AvgIpc) is 2.28. The van der Waals surface area contributed by atoms with Crippen molar-refractivity contribution in [3.05, 3.63) is 33.8 Å². The van der Waals surface area contributed by atoms with Gasteiger partial charge in [0.1, 0.15) is 0 Å². The molecule has 0 aliphatic heterocycles. The summed E-state index contributed by atoms with van der Waals surface area (Å²) in [6, 6.07) is 5.69. The second kappa shape index (κ2) is 6.17. The van der Waals surface area contributed by atoms with E-state index in [0.29, 0.717) is 18.0 Å². The van der Waals surface area contributed by atoms with Crippen LogP contribution in [0.3, 0.4) is 0 Å². The fourth-order valence-electron chi connectivity index (χ4n) is 1.35. The third-order valence-electron chi connectivity index (χ3n) is 2.72. The second-order valence-electron chi connectivity index (χ2n) is 4.60. The maximum absolute atomic E-state index is 11.9. The number of aryl methyl sites for hydroxylation is 1. The number of amides is 1. The molecule has 0 aliphatic carbocycles. The zero-order valence-electron chi connectivity index (χ0n) is 10.5. The summed E-state index contributed by atoms with van der Waals surface area (Å²) in [6.45, 7) is 6.54. The van der Waals surface area contributed by atoms with Gasteiger partial charge >= 0.3 is 0 Å². The van der Waals surface area contributed by atoms with E-state index in [1.54, 1.807) is 0 Å². The van der Waals surface area contributed by atoms with Gasteiger partial charge in [0, 0.05) is 17.1 Å². The van der Waals surface area contributed by atoms with Gasteiger partial charge in [-0.2, -0.15) is 0 Å². The van der Waals surface area contributed by atoms with Crippen LogP contribution in [0.15, 0.2) is 22.7 Å². The van der Waals surface area contributed by atoms with E-state index < -0.39 is 0 Å². The lowest BCUT2D eigenvalue weighted by molar-refractivity contribution is 0.0948. The summed E-state index contributed by atoms with van der Waals surface area (Å²) in [5.41, 5.74) is 7.60. The van der Waals surface area contributed by atoms with Crippen LogP contribution in [0.5, 0.6) is 0 Å². The Kier molecular flexibility index (Phi) is 5.15. The summed E-state index contributed by atoms with van der Waals surface area (Å²) >= 11 is 3.37. The van der Waals surface area contributed by atoms with Gasteiger partial charge in [-0.3, -0.25) is 4.79 Å². The van der Waals surface area contributed by atoms with Crippen molar-refractivity contribution in [3.8, 4) is 0 Å². The molecule has 0 saturated heterocycles. The molecule has 1 atom stereocenters. The molecule has 0 radical (unpaired) electrons. The lowest BCUT2D eigenvalue weighted by Crippen LogP contribution is -2.40. The Bertz CT molecular complexity index is 404. The molecule has 0 saturated carbocycles. The zero-order valence-corrected chi connectivity index (χ0v) is 12.0. The van der Waals surface area contributed by atoms with Crippen LogP contribution < -0.4 is 11.1 Å². The molecule has 3 N–H and O–H groups in total. The van der Waals surface area contributed by atoms with Gasteiger partial charge in [0.05, 0.1) is 5.56 Å². The Morgan fingerprint density at radius 2 is 2.12 bits per heavy atom. The highest BCUT2D eigenvalue weighted by Crippen LogP contribution is 2.17. The normalized spacial score (nSPS) is 12.6. The standard InChI is InChI=1S/C13H19BrN2O/c1-8(2)12(15)7-16-13(17)10-6-9(3)4-5-11(10)14/h4-6,8,12H,7,15H2,1-3H3,(H,16,17). The minimum Gasteiger partial charge on any atom is -0.350 e. The molecule has 0 fully saturated rings. The van der Waals surface area contributed by atoms with Gasteiger partial charge < -0.3 is 11.1 Å². The van der Waals surface area contributed by atoms with Crippen molar-refractivity contribution in [2.45, 2.75) is 26.8 Å². The van der Waals surface area contributed by atoms with E-state index >= 15 is 0 Å². The number of nitrogens with two attached hydrogens (primary N) is 1. The van der Waals surface area contributed by atoms with Crippen molar-refractivity contribution in [2.75, 3.05) is 6.54 Å². The monoisotopic (exact) mass is 298 g/mol. The highest BCUT2D eigenvalue weighted by molar-refractivity contribution is 9.10. The van der Waals surface area contributed by atoms with E-state index in [1.807, 2.05) is 39.0 Å². The molecule has 1 amide bonds. The second-order valence-corrected chi connectivity index (χ2v) is 5.46. The summed E-state index contributed by atoms with van der Waals surface area (Å²) < 4.78 is 0.804. The number of carbonyl (C=O) groups excluding carboxylic acids is 1. The Labute approximate surface area is 111 Å². The molecule has 3 nitrogen and oxygen atoms in total. The van der Waals surface area contributed by atoms with Crippen LogP contribution in [0.1, 0.15) is 29.8 Å². The van der Waals surface area contributed by atoms with Crippen LogP contribution >= 0.6 is 15.9 Å². The molecule has 94 valence electrons. The Hall–Kier alpha value is -0.870. The van der Waals surface area contributed by atoms with E-state index in [9.17, 15) is 4.79 Å². The first-order chi connectivity index (χ1) is 7.91. The number of carbonyl (C=O) groups is 1. The maximum Gasteiger partial charge on any atom is 0.252 e. The number of rotatable bonds is 4. The Balaban J connectivity index is 2.67. The predicted molar refractivity (Wildman–Crippen MR) is 74.0 cm³/mol. The largest absolute Gasteiger partial charge is 0.350 e. The van der Waals surface area contributed by atoms with Crippen molar-refractivity contribution in [3.63, 3.8) is 0 Å². The van der Waals surface area contributed by atoms with Crippen LogP contribution in [-0.4, -0.2) is 18.5 Å². The molecule has 17 heavy (non-hydrogen) atoms. The highest BCUT2D eigenvalue weighted by Gasteiger charge is 2.13. The summed E-state index contributed by atoms with van der Waals surface area (Å²) in [5, 5.41) is 2.85. The maximum atomic E-state index is 11.9. The molecular formula is C13H19BrN2O. The Morgan fingerprint density at radius 3 is 2.71 bits per heavy atom. The van der Waals surface area contributed by atoms with Gasteiger partial charge in [-0.05, 0) is 40.9 Å². The van der Waals surface area contributed by atoms with Gasteiger partial charge in [0.2, 0.25) is 0 Å². The summed E-state index contributed by atoms with van der Waals surface area (Å²) in [5.74, 6) is 0.271. The summed E-state index contributed by atoms with van der Waals surface area (Å²) in [6.07, 6.45) is 0. The SMILES string of the molecule is Cc1ccc(Br)c(C(=O)NCC(N)C(C)C)c1. The predicted octanol–water partition coefficient (Wildman–Crippen LogP) is 2.47. The van der Waals surface area contributed by atoms with Crippen molar-refractivity contribution < 1.29 is 4.79 Å². The number of halogens is 1. The molecule has 1 unspecified atom stereocenters. The number of hydrogen-bond acceptors (Lipinski definition) is 2. The first-order valence-corrected chi connectivity index (χ1v) is 6.51. The van der Waals surface area contributed by atoms with E-state index in [2.05, 4.69) is 21.2 Å². The first-order valence-electron chi connectivity index (χ1n) is 5.71. The minimum atomic E-state index is -0.0864. The van der Waals surface area contributed by atoms with Gasteiger partial charge in [0.25, 0.3) is 5.91 Å². The summed E-state index contributed by atoms with van der Waals surface area (Å²) in [7, 11) is 0. The smallest absolute Gasteiger partial charge is 0.252 e. The Morgan fingerprint density at radius 1 is 1.47 bits per heavy atom. The van der Waals surface area contributed by atoms with E-state index in [4.69, 9.17) is 5.73 Å². The van der Waals surface area contributed by atoms with Crippen LogP contribution in [0.2, 0.25) is 0 Å². The third-order valence-corrected chi connectivity index (χ3v) is 3.41. The van der Waals surface area contributed by atoms with E-state index in [1.165, 1.54) is 0 Å². The summed E-state index contributed by atoms with van der Waals surface area (Å²) in [4.78, 5) is 11.9. The van der Waals surface area contributed by atoms with Crippen molar-refractivity contribution in [2.24, 2.45) is 11.7 Å². The highest BCUT2D eigenvalue weighted by atomic mass is 79.9. The number of benzene rings is 1. The van der Waals surface area contributed by atoms with Gasteiger partial charge in [-0.1, -0.05) is 25.5 Å². The minimum absolute atomic E-state index is 0.0115. The molecule has 1 aromatic rings. The first kappa shape index (κ1) is 14.2. The molecule has 1 aromatic carbocycles. The van der Waals surface area contributed by atoms with Gasteiger partial charge in [-0.25, -0.2) is 0 Å². The molecule has 4 heteroatoms. The van der Waals surface area contributed by atoms with Gasteiger partial charge in [-0.15, -0.1) is 0 Å². The number of hydrogen-bond donors (Lipinski definition) is 2. The van der Waals surface area contributed by atoms with Crippen LogP contribution in [0.4, 0.5) is 0 Å². The molecule has 0 heterocycles. The van der Waals surface area contributed by atoms with E-state index in [-0.39, 0.29) is 11.9 Å². The molecule has 0 aromatic heterocycles. The van der Waals surface area contributed by atoms with Crippen molar-refractivity contribution in [1.29, 1.82) is 0 Å².